The number of nitrogens with zero attached hydrogens (tertiary/aromatic N) is 5. The van der Waals surface area contributed by atoms with Crippen molar-refractivity contribution in [2.24, 2.45) is 0 Å². The van der Waals surface area contributed by atoms with Crippen LogP contribution >= 0.6 is 23.4 Å². The summed E-state index contributed by atoms with van der Waals surface area (Å²) < 4.78 is 42.7. The van der Waals surface area contributed by atoms with Crippen LogP contribution in [-0.2, 0) is 21.4 Å². The maximum atomic E-state index is 13.5. The van der Waals surface area contributed by atoms with Gasteiger partial charge in [-0.3, -0.25) is 9.36 Å². The lowest BCUT2D eigenvalue weighted by atomic mass is 10.2. The average molecular weight is 586 g/mol. The monoisotopic (exact) mass is 585 g/mol. The van der Waals surface area contributed by atoms with Crippen LogP contribution in [0.25, 0.3) is 11.4 Å². The minimum atomic E-state index is -3.66. The van der Waals surface area contributed by atoms with Gasteiger partial charge in [0.25, 0.3) is 0 Å². The van der Waals surface area contributed by atoms with Crippen LogP contribution in [-0.4, -0.2) is 70.2 Å². The molecule has 0 unspecified atom stereocenters. The topological polar surface area (TPSA) is 88.4 Å². The number of sulfonamides is 1. The Hall–Kier alpha value is -3.25. The Morgan fingerprint density at radius 1 is 0.897 bits per heavy atom. The van der Waals surface area contributed by atoms with Gasteiger partial charge in [-0.1, -0.05) is 53.7 Å². The van der Waals surface area contributed by atoms with Crippen molar-refractivity contribution in [3.63, 3.8) is 0 Å². The molecule has 1 aromatic heterocycles. The summed E-state index contributed by atoms with van der Waals surface area (Å²) in [6.45, 7) is 1.49. The number of piperazine rings is 1. The number of hydrogen-bond acceptors (Lipinski definition) is 6. The van der Waals surface area contributed by atoms with Crippen molar-refractivity contribution in [3.05, 3.63) is 95.3 Å². The lowest BCUT2D eigenvalue weighted by Crippen LogP contribution is -2.50. The standard InChI is InChI=1S/C27H25ClFN5O3S2/c28-22-8-12-24(13-9-22)39(36,37)33-16-14-32(15-17-33)25(35)19-38-27-31-30-26(21-6-10-23(29)11-7-21)34(27)18-20-4-2-1-3-5-20/h1-13H,14-19H2. The molecule has 1 aliphatic heterocycles. The second-order valence-electron chi connectivity index (χ2n) is 8.91. The van der Waals surface area contributed by atoms with Gasteiger partial charge in [-0.15, -0.1) is 10.2 Å². The highest BCUT2D eigenvalue weighted by atomic mass is 35.5. The van der Waals surface area contributed by atoms with Gasteiger partial charge >= 0.3 is 0 Å². The average Bonchev–Trinajstić information content (AvgIpc) is 3.35. The zero-order valence-electron chi connectivity index (χ0n) is 20.8. The molecule has 12 heteroatoms. The van der Waals surface area contributed by atoms with Crippen molar-refractivity contribution in [1.82, 2.24) is 24.0 Å². The number of benzene rings is 3. The van der Waals surface area contributed by atoms with Crippen LogP contribution in [0.4, 0.5) is 4.39 Å². The molecule has 0 bridgehead atoms. The minimum Gasteiger partial charge on any atom is -0.339 e. The third-order valence-corrected chi connectivity index (χ3v) is 9.49. The quantitative estimate of drug-likeness (QED) is 0.285. The summed E-state index contributed by atoms with van der Waals surface area (Å²) in [6, 6.07) is 21.9. The highest BCUT2D eigenvalue weighted by Crippen LogP contribution is 2.26. The molecule has 4 aromatic rings. The van der Waals surface area contributed by atoms with E-state index < -0.39 is 10.0 Å². The fourth-order valence-corrected chi connectivity index (χ4v) is 6.66. The van der Waals surface area contributed by atoms with Gasteiger partial charge in [0.1, 0.15) is 5.82 Å². The minimum absolute atomic E-state index is 0.110. The molecule has 1 amide bonds. The molecule has 2 heterocycles. The number of hydrogen-bond donors (Lipinski definition) is 0. The Morgan fingerprint density at radius 2 is 1.56 bits per heavy atom. The maximum Gasteiger partial charge on any atom is 0.243 e. The molecule has 0 aliphatic carbocycles. The number of thioether (sulfide) groups is 1. The van der Waals surface area contributed by atoms with E-state index in [0.717, 1.165) is 11.1 Å². The number of aromatic nitrogens is 3. The molecule has 0 N–H and O–H groups in total. The molecule has 1 fully saturated rings. The summed E-state index contributed by atoms with van der Waals surface area (Å²) in [6.07, 6.45) is 0. The van der Waals surface area contributed by atoms with Gasteiger partial charge in [-0.05, 0) is 54.1 Å². The number of carbonyl (C=O) groups is 1. The number of halogens is 2. The van der Waals surface area contributed by atoms with E-state index in [-0.39, 0.29) is 35.5 Å². The fourth-order valence-electron chi connectivity index (χ4n) is 4.27. The van der Waals surface area contributed by atoms with Crippen LogP contribution < -0.4 is 0 Å². The van der Waals surface area contributed by atoms with E-state index in [2.05, 4.69) is 10.2 Å². The van der Waals surface area contributed by atoms with Crippen LogP contribution in [0.2, 0.25) is 5.02 Å². The van der Waals surface area contributed by atoms with Crippen LogP contribution in [0, 0.1) is 5.82 Å². The highest BCUT2D eigenvalue weighted by molar-refractivity contribution is 7.99. The van der Waals surface area contributed by atoms with Crippen LogP contribution in [0.15, 0.2) is 88.9 Å². The van der Waals surface area contributed by atoms with Gasteiger partial charge in [-0.25, -0.2) is 12.8 Å². The second-order valence-corrected chi connectivity index (χ2v) is 12.2. The van der Waals surface area contributed by atoms with Crippen LogP contribution in [0.5, 0.6) is 0 Å². The van der Waals surface area contributed by atoms with E-state index in [1.165, 1.54) is 40.3 Å². The highest BCUT2D eigenvalue weighted by Gasteiger charge is 2.30. The van der Waals surface area contributed by atoms with Crippen molar-refractivity contribution < 1.29 is 17.6 Å². The summed E-state index contributed by atoms with van der Waals surface area (Å²) in [5.74, 6) is 0.255. The van der Waals surface area contributed by atoms with E-state index in [0.29, 0.717) is 35.6 Å². The molecule has 0 atom stereocenters. The summed E-state index contributed by atoms with van der Waals surface area (Å²) in [4.78, 5) is 14.9. The Bertz CT molecular complexity index is 1540. The third kappa shape index (κ3) is 6.33. The molecular weight excluding hydrogens is 561 g/mol. The first-order valence-corrected chi connectivity index (χ1v) is 15.0. The van der Waals surface area contributed by atoms with Crippen LogP contribution in [0.3, 0.4) is 0 Å². The van der Waals surface area contributed by atoms with E-state index in [1.807, 2.05) is 34.9 Å². The zero-order chi connectivity index (χ0) is 27.4. The van der Waals surface area contributed by atoms with Gasteiger partial charge < -0.3 is 4.90 Å². The van der Waals surface area contributed by atoms with Gasteiger partial charge in [-0.2, -0.15) is 4.31 Å². The summed E-state index contributed by atoms with van der Waals surface area (Å²) in [5.41, 5.74) is 1.75. The largest absolute Gasteiger partial charge is 0.339 e. The third-order valence-electron chi connectivity index (χ3n) is 6.37. The maximum absolute atomic E-state index is 13.5. The Morgan fingerprint density at radius 3 is 2.23 bits per heavy atom. The van der Waals surface area contributed by atoms with Gasteiger partial charge in [0, 0.05) is 36.8 Å². The molecule has 5 rings (SSSR count). The van der Waals surface area contributed by atoms with Gasteiger partial charge in [0.05, 0.1) is 17.2 Å². The van der Waals surface area contributed by atoms with E-state index in [9.17, 15) is 17.6 Å². The number of rotatable bonds is 8. The van der Waals surface area contributed by atoms with Crippen LogP contribution in [0.1, 0.15) is 5.56 Å². The van der Waals surface area contributed by atoms with E-state index in [1.54, 1.807) is 29.2 Å². The second kappa shape index (κ2) is 11.9. The van der Waals surface area contributed by atoms with Crippen molar-refractivity contribution in [2.75, 3.05) is 31.9 Å². The molecule has 0 spiro atoms. The van der Waals surface area contributed by atoms with E-state index in [4.69, 9.17) is 11.6 Å². The molecule has 1 saturated heterocycles. The molecule has 8 nitrogen and oxygen atoms in total. The number of amides is 1. The Kier molecular flexibility index (Phi) is 8.31. The normalized spacial score (nSPS) is 14.5. The van der Waals surface area contributed by atoms with Crippen molar-refractivity contribution in [1.29, 1.82) is 0 Å². The number of carbonyl (C=O) groups excluding carboxylic acids is 1. The lowest BCUT2D eigenvalue weighted by molar-refractivity contribution is -0.129. The predicted molar refractivity (Wildman–Crippen MR) is 148 cm³/mol. The molecule has 3 aromatic carbocycles. The first-order valence-electron chi connectivity index (χ1n) is 12.2. The lowest BCUT2D eigenvalue weighted by Gasteiger charge is -2.34. The first kappa shape index (κ1) is 27.3. The zero-order valence-corrected chi connectivity index (χ0v) is 23.2. The molecule has 0 saturated carbocycles. The summed E-state index contributed by atoms with van der Waals surface area (Å²) in [7, 11) is -3.66. The smallest absolute Gasteiger partial charge is 0.243 e. The molecule has 0 radical (unpaired) electrons. The molecule has 1 aliphatic rings. The summed E-state index contributed by atoms with van der Waals surface area (Å²) >= 11 is 7.16. The molecular formula is C27H25ClFN5O3S2. The Labute approximate surface area is 235 Å². The molecule has 39 heavy (non-hydrogen) atoms. The van der Waals surface area contributed by atoms with E-state index >= 15 is 0 Å². The van der Waals surface area contributed by atoms with Crippen molar-refractivity contribution in [3.8, 4) is 11.4 Å². The van der Waals surface area contributed by atoms with Gasteiger partial charge in [0.15, 0.2) is 11.0 Å². The predicted octanol–water partition coefficient (Wildman–Crippen LogP) is 4.41. The Balaban J connectivity index is 1.25. The fraction of sp³-hybridized carbons (Fsp3) is 0.222. The summed E-state index contributed by atoms with van der Waals surface area (Å²) in [5, 5.41) is 9.69. The molecule has 202 valence electrons. The van der Waals surface area contributed by atoms with Crippen molar-refractivity contribution in [2.45, 2.75) is 16.6 Å². The van der Waals surface area contributed by atoms with Crippen molar-refractivity contribution >= 4 is 39.3 Å². The van der Waals surface area contributed by atoms with Gasteiger partial charge in [0.2, 0.25) is 15.9 Å². The SMILES string of the molecule is O=C(CSc1nnc(-c2ccc(F)cc2)n1Cc1ccccc1)N1CCN(S(=O)(=O)c2ccc(Cl)cc2)CC1. The first-order chi connectivity index (χ1) is 18.8.